The van der Waals surface area contributed by atoms with Crippen LogP contribution in [0.1, 0.15) is 57.7 Å². The van der Waals surface area contributed by atoms with E-state index in [-0.39, 0.29) is 13.0 Å². The van der Waals surface area contributed by atoms with Crippen LogP contribution < -0.4 is 10.6 Å². The molecule has 9 nitrogen and oxygen atoms in total. The van der Waals surface area contributed by atoms with Gasteiger partial charge in [-0.3, -0.25) is 4.90 Å². The second kappa shape index (κ2) is 13.7. The van der Waals surface area contributed by atoms with Crippen molar-refractivity contribution in [1.29, 1.82) is 0 Å². The lowest BCUT2D eigenvalue weighted by molar-refractivity contribution is -0.139. The lowest BCUT2D eigenvalue weighted by Gasteiger charge is -2.28. The number of alkyl halides is 2. The van der Waals surface area contributed by atoms with Crippen LogP contribution >= 0.6 is 0 Å². The van der Waals surface area contributed by atoms with Crippen molar-refractivity contribution in [2.24, 2.45) is 0 Å². The molecule has 2 heterocycles. The first kappa shape index (κ1) is 29.7. The highest BCUT2D eigenvalue weighted by molar-refractivity contribution is 5.80. The van der Waals surface area contributed by atoms with E-state index in [1.807, 2.05) is 6.07 Å². The fourth-order valence-corrected chi connectivity index (χ4v) is 4.02. The fourth-order valence-electron chi connectivity index (χ4n) is 4.02. The topological polar surface area (TPSA) is 113 Å². The molecule has 0 spiro atoms. The molecule has 204 valence electrons. The van der Waals surface area contributed by atoms with Crippen molar-refractivity contribution in [3.8, 4) is 0 Å². The average Bonchev–Trinajstić information content (AvgIpc) is 2.77. The number of alkyl carbamates (subject to hydrolysis) is 1. The quantitative estimate of drug-likeness (QED) is 0.322. The number of pyridine rings is 1. The van der Waals surface area contributed by atoms with Gasteiger partial charge in [-0.25, -0.2) is 23.4 Å². The fraction of sp³-hybridized carbons (Fsp3) is 0.720. The number of methoxy groups -OCH3 is 1. The number of unbranched alkanes of at least 4 members (excludes halogenated alkanes) is 1. The number of carbonyl (C=O) groups excluding carboxylic acids is 1. The van der Waals surface area contributed by atoms with Crippen LogP contribution in [0.3, 0.4) is 0 Å². The SMILES string of the molecule is COCC(F)(F)CN(CCCCc1ccc2c(n1)NCCC2)CC[C@H](NC(=O)OC(C)(C)C)C(=O)O. The van der Waals surface area contributed by atoms with Crippen LogP contribution in [0.4, 0.5) is 19.4 Å². The number of aromatic nitrogens is 1. The van der Waals surface area contributed by atoms with Crippen LogP contribution in [-0.4, -0.2) is 84.5 Å². The monoisotopic (exact) mass is 514 g/mol. The van der Waals surface area contributed by atoms with Crippen LogP contribution in [0.15, 0.2) is 12.1 Å². The number of amides is 1. The molecule has 0 saturated heterocycles. The van der Waals surface area contributed by atoms with Crippen molar-refractivity contribution in [2.75, 3.05) is 45.2 Å². The normalized spacial score (nSPS) is 14.6. The predicted molar refractivity (Wildman–Crippen MR) is 133 cm³/mol. The van der Waals surface area contributed by atoms with E-state index in [9.17, 15) is 23.5 Å². The average molecular weight is 515 g/mol. The third kappa shape index (κ3) is 11.0. The standard InChI is InChI=1S/C25H40F2N4O5/c1-24(2,3)36-23(34)30-20(22(32)33)12-15-31(16-25(26,27)17-35-4)14-6-5-9-19-11-10-18-8-7-13-28-21(18)29-19/h10-11,20H,5-9,12-17H2,1-4H3,(H,28,29)(H,30,34)(H,32,33)/t20-/m0/s1. The molecule has 3 N–H and O–H groups in total. The Balaban J connectivity index is 1.92. The van der Waals surface area contributed by atoms with E-state index in [0.29, 0.717) is 13.0 Å². The lowest BCUT2D eigenvalue weighted by Crippen LogP contribution is -2.47. The van der Waals surface area contributed by atoms with E-state index in [2.05, 4.69) is 26.4 Å². The molecule has 0 unspecified atom stereocenters. The van der Waals surface area contributed by atoms with Crippen molar-refractivity contribution < 1.29 is 33.0 Å². The molecule has 2 rings (SSSR count). The van der Waals surface area contributed by atoms with Crippen LogP contribution in [0.2, 0.25) is 0 Å². The Morgan fingerprint density at radius 2 is 2.00 bits per heavy atom. The smallest absolute Gasteiger partial charge is 0.408 e. The van der Waals surface area contributed by atoms with E-state index >= 15 is 0 Å². The second-order valence-electron chi connectivity index (χ2n) is 10.2. The number of carboxylic acid groups (broad SMARTS) is 1. The van der Waals surface area contributed by atoms with Gasteiger partial charge in [-0.05, 0) is 77.5 Å². The van der Waals surface area contributed by atoms with Gasteiger partial charge in [-0.15, -0.1) is 0 Å². The summed E-state index contributed by atoms with van der Waals surface area (Å²) in [7, 11) is 1.21. The summed E-state index contributed by atoms with van der Waals surface area (Å²) in [6, 6.07) is 2.84. The van der Waals surface area contributed by atoms with E-state index in [4.69, 9.17) is 4.74 Å². The molecule has 0 aliphatic carbocycles. The number of carbonyl (C=O) groups is 2. The number of ether oxygens (including phenoxy) is 2. The summed E-state index contributed by atoms with van der Waals surface area (Å²) in [4.78, 5) is 29.8. The highest BCUT2D eigenvalue weighted by Crippen LogP contribution is 2.21. The lowest BCUT2D eigenvalue weighted by atomic mass is 10.1. The highest BCUT2D eigenvalue weighted by atomic mass is 19.3. The maximum Gasteiger partial charge on any atom is 0.408 e. The molecule has 0 aromatic carbocycles. The van der Waals surface area contributed by atoms with Gasteiger partial charge in [0.15, 0.2) is 0 Å². The Bertz CT molecular complexity index is 863. The third-order valence-electron chi connectivity index (χ3n) is 5.64. The molecule has 1 aliphatic heterocycles. The molecule has 1 aromatic heterocycles. The Morgan fingerprint density at radius 3 is 2.67 bits per heavy atom. The van der Waals surface area contributed by atoms with Gasteiger partial charge in [-0.2, -0.15) is 0 Å². The first-order chi connectivity index (χ1) is 16.9. The first-order valence-electron chi connectivity index (χ1n) is 12.4. The summed E-state index contributed by atoms with van der Waals surface area (Å²) in [5.41, 5.74) is 1.38. The number of rotatable bonds is 14. The maximum absolute atomic E-state index is 14.3. The summed E-state index contributed by atoms with van der Waals surface area (Å²) in [5, 5.41) is 15.1. The van der Waals surface area contributed by atoms with E-state index in [0.717, 1.165) is 43.7 Å². The summed E-state index contributed by atoms with van der Waals surface area (Å²) in [6.07, 6.45) is 3.29. The Labute approximate surface area is 211 Å². The minimum Gasteiger partial charge on any atom is -0.480 e. The minimum absolute atomic E-state index is 0.0459. The van der Waals surface area contributed by atoms with Crippen LogP contribution in [0, 0.1) is 0 Å². The number of aliphatic carboxylic acids is 1. The number of carboxylic acids is 1. The predicted octanol–water partition coefficient (Wildman–Crippen LogP) is 3.71. The Hall–Kier alpha value is -2.53. The maximum atomic E-state index is 14.3. The number of nitrogens with zero attached hydrogens (tertiary/aromatic N) is 2. The van der Waals surface area contributed by atoms with Gasteiger partial charge >= 0.3 is 12.1 Å². The van der Waals surface area contributed by atoms with Gasteiger partial charge < -0.3 is 25.2 Å². The first-order valence-corrected chi connectivity index (χ1v) is 12.4. The number of hydrogen-bond acceptors (Lipinski definition) is 7. The van der Waals surface area contributed by atoms with Crippen molar-refractivity contribution in [3.05, 3.63) is 23.4 Å². The third-order valence-corrected chi connectivity index (χ3v) is 5.64. The van der Waals surface area contributed by atoms with Crippen molar-refractivity contribution >= 4 is 17.9 Å². The number of halogens is 2. The molecule has 11 heteroatoms. The summed E-state index contributed by atoms with van der Waals surface area (Å²) >= 11 is 0. The molecule has 1 aromatic rings. The van der Waals surface area contributed by atoms with Gasteiger partial charge in [0.2, 0.25) is 0 Å². The molecule has 1 atom stereocenters. The number of anilines is 1. The molecule has 1 aliphatic rings. The van der Waals surface area contributed by atoms with Crippen molar-refractivity contribution in [1.82, 2.24) is 15.2 Å². The van der Waals surface area contributed by atoms with E-state index in [1.165, 1.54) is 17.6 Å². The molecule has 1 amide bonds. The number of hydrogen-bond donors (Lipinski definition) is 3. The molecule has 36 heavy (non-hydrogen) atoms. The molecule has 0 bridgehead atoms. The van der Waals surface area contributed by atoms with Gasteiger partial charge in [0, 0.05) is 25.9 Å². The number of fused-ring (bicyclic) bond motifs is 1. The minimum atomic E-state index is -3.09. The largest absolute Gasteiger partial charge is 0.480 e. The van der Waals surface area contributed by atoms with Gasteiger partial charge in [0.1, 0.15) is 24.1 Å². The molecule has 0 radical (unpaired) electrons. The second-order valence-corrected chi connectivity index (χ2v) is 10.2. The highest BCUT2D eigenvalue weighted by Gasteiger charge is 2.32. The zero-order valence-corrected chi connectivity index (χ0v) is 21.7. The number of aryl methyl sites for hydroxylation is 2. The molecule has 0 fully saturated rings. The van der Waals surface area contributed by atoms with E-state index in [1.54, 1.807) is 20.8 Å². The molecular weight excluding hydrogens is 474 g/mol. The van der Waals surface area contributed by atoms with Crippen LogP contribution in [-0.2, 0) is 27.1 Å². The van der Waals surface area contributed by atoms with Gasteiger partial charge in [-0.1, -0.05) is 6.07 Å². The zero-order chi connectivity index (χ0) is 26.8. The van der Waals surface area contributed by atoms with Crippen molar-refractivity contribution in [3.63, 3.8) is 0 Å². The van der Waals surface area contributed by atoms with Crippen molar-refractivity contribution in [2.45, 2.75) is 76.9 Å². The Kier molecular flexibility index (Phi) is 11.3. The summed E-state index contributed by atoms with van der Waals surface area (Å²) < 4.78 is 38.4. The summed E-state index contributed by atoms with van der Waals surface area (Å²) in [6.45, 7) is 5.02. The van der Waals surface area contributed by atoms with Crippen LogP contribution in [0.5, 0.6) is 0 Å². The van der Waals surface area contributed by atoms with E-state index < -0.39 is 42.8 Å². The molecular formula is C25H40F2N4O5. The number of nitrogens with one attached hydrogen (secondary N) is 2. The zero-order valence-electron chi connectivity index (χ0n) is 21.7. The van der Waals surface area contributed by atoms with Gasteiger partial charge in [0.05, 0.1) is 6.54 Å². The van der Waals surface area contributed by atoms with Crippen LogP contribution in [0.25, 0.3) is 0 Å². The summed E-state index contributed by atoms with van der Waals surface area (Å²) in [5.74, 6) is -3.41. The Morgan fingerprint density at radius 1 is 1.25 bits per heavy atom. The van der Waals surface area contributed by atoms with Gasteiger partial charge in [0.25, 0.3) is 5.92 Å². The molecule has 0 saturated carbocycles.